The first kappa shape index (κ1) is 16.2. The summed E-state index contributed by atoms with van der Waals surface area (Å²) < 4.78 is 0. The summed E-state index contributed by atoms with van der Waals surface area (Å²) in [7, 11) is 0. The van der Waals surface area contributed by atoms with Crippen molar-refractivity contribution in [1.82, 2.24) is 5.32 Å². The number of carbonyl (C=O) groups excluding carboxylic acids is 1. The average Bonchev–Trinajstić information content (AvgIpc) is 2.39. The van der Waals surface area contributed by atoms with Gasteiger partial charge in [0.2, 0.25) is 5.91 Å². The number of benzene rings is 1. The molecule has 0 aliphatic heterocycles. The number of rotatable bonds is 8. The van der Waals surface area contributed by atoms with Crippen molar-refractivity contribution in [3.05, 3.63) is 35.9 Å². The molecular weight excluding hydrogens is 254 g/mol. The second kappa shape index (κ2) is 8.35. The zero-order chi connectivity index (χ0) is 15.0. The van der Waals surface area contributed by atoms with E-state index in [9.17, 15) is 9.59 Å². The summed E-state index contributed by atoms with van der Waals surface area (Å²) in [5, 5.41) is 11.7. The van der Waals surface area contributed by atoms with Gasteiger partial charge in [0.15, 0.2) is 0 Å². The fraction of sp³-hybridized carbons (Fsp3) is 0.500. The van der Waals surface area contributed by atoms with Gasteiger partial charge < -0.3 is 10.4 Å². The highest BCUT2D eigenvalue weighted by Gasteiger charge is 2.12. The lowest BCUT2D eigenvalue weighted by molar-refractivity contribution is -0.141. The van der Waals surface area contributed by atoms with Gasteiger partial charge in [0.25, 0.3) is 0 Å². The third-order valence-electron chi connectivity index (χ3n) is 3.31. The van der Waals surface area contributed by atoms with Gasteiger partial charge in [-0.2, -0.15) is 0 Å². The van der Waals surface area contributed by atoms with E-state index in [4.69, 9.17) is 5.11 Å². The van der Waals surface area contributed by atoms with Crippen molar-refractivity contribution in [2.45, 2.75) is 45.6 Å². The van der Waals surface area contributed by atoms with Crippen molar-refractivity contribution < 1.29 is 14.7 Å². The predicted molar refractivity (Wildman–Crippen MR) is 78.4 cm³/mol. The molecule has 110 valence electrons. The van der Waals surface area contributed by atoms with E-state index in [1.165, 1.54) is 0 Å². The van der Waals surface area contributed by atoms with Crippen LogP contribution < -0.4 is 5.32 Å². The molecule has 1 aromatic carbocycles. The van der Waals surface area contributed by atoms with E-state index in [1.54, 1.807) is 6.92 Å². The smallest absolute Gasteiger partial charge is 0.306 e. The van der Waals surface area contributed by atoms with Gasteiger partial charge in [-0.15, -0.1) is 0 Å². The SMILES string of the molecule is CC(CCCC(C)C(=O)O)NC(=O)Cc1ccccc1. The quantitative estimate of drug-likeness (QED) is 0.767. The van der Waals surface area contributed by atoms with Gasteiger partial charge in [-0.3, -0.25) is 9.59 Å². The maximum Gasteiger partial charge on any atom is 0.306 e. The molecule has 2 N–H and O–H groups in total. The minimum absolute atomic E-state index is 0.00924. The van der Waals surface area contributed by atoms with E-state index in [0.717, 1.165) is 18.4 Å². The molecule has 0 saturated carbocycles. The topological polar surface area (TPSA) is 66.4 Å². The molecule has 0 spiro atoms. The summed E-state index contributed by atoms with van der Waals surface area (Å²) in [4.78, 5) is 22.5. The second-order valence-corrected chi connectivity index (χ2v) is 5.30. The molecule has 20 heavy (non-hydrogen) atoms. The van der Waals surface area contributed by atoms with Crippen LogP contribution in [0.5, 0.6) is 0 Å². The Morgan fingerprint density at radius 1 is 1.15 bits per heavy atom. The zero-order valence-corrected chi connectivity index (χ0v) is 12.1. The number of amides is 1. The Morgan fingerprint density at radius 3 is 2.40 bits per heavy atom. The summed E-state index contributed by atoms with van der Waals surface area (Å²) in [6, 6.07) is 9.69. The number of carboxylic acid groups (broad SMARTS) is 1. The Kier molecular flexibility index (Phi) is 6.77. The van der Waals surface area contributed by atoms with Crippen molar-refractivity contribution in [2.24, 2.45) is 5.92 Å². The van der Waals surface area contributed by atoms with Gasteiger partial charge in [-0.1, -0.05) is 43.7 Å². The van der Waals surface area contributed by atoms with Crippen LogP contribution in [0.3, 0.4) is 0 Å². The molecule has 0 aliphatic rings. The Morgan fingerprint density at radius 2 is 1.80 bits per heavy atom. The Bertz CT molecular complexity index is 431. The van der Waals surface area contributed by atoms with E-state index in [2.05, 4.69) is 5.32 Å². The highest BCUT2D eigenvalue weighted by molar-refractivity contribution is 5.78. The number of aliphatic carboxylic acids is 1. The standard InChI is InChI=1S/C16H23NO3/c1-12(16(19)20)7-6-8-13(2)17-15(18)11-14-9-4-3-5-10-14/h3-5,9-10,12-13H,6-8,11H2,1-2H3,(H,17,18)(H,19,20). The van der Waals surface area contributed by atoms with Crippen LogP contribution in [0.1, 0.15) is 38.7 Å². The van der Waals surface area contributed by atoms with Crippen LogP contribution >= 0.6 is 0 Å². The molecule has 1 aromatic rings. The highest BCUT2D eigenvalue weighted by atomic mass is 16.4. The summed E-state index contributed by atoms with van der Waals surface area (Å²) >= 11 is 0. The van der Waals surface area contributed by atoms with Crippen LogP contribution in [0.15, 0.2) is 30.3 Å². The maximum absolute atomic E-state index is 11.8. The summed E-state index contributed by atoms with van der Waals surface area (Å²) in [5.74, 6) is -1.07. The molecule has 0 saturated heterocycles. The van der Waals surface area contributed by atoms with Gasteiger partial charge in [0.05, 0.1) is 12.3 Å². The molecule has 0 radical (unpaired) electrons. The molecule has 4 nitrogen and oxygen atoms in total. The number of nitrogens with one attached hydrogen (secondary N) is 1. The minimum atomic E-state index is -0.759. The molecule has 1 amide bonds. The predicted octanol–water partition coefficient (Wildman–Crippen LogP) is 2.62. The number of carbonyl (C=O) groups is 2. The number of carboxylic acids is 1. The van der Waals surface area contributed by atoms with Gasteiger partial charge in [-0.05, 0) is 25.3 Å². The monoisotopic (exact) mass is 277 g/mol. The van der Waals surface area contributed by atoms with Crippen LogP contribution in [-0.4, -0.2) is 23.0 Å². The lowest BCUT2D eigenvalue weighted by Gasteiger charge is -2.14. The molecule has 2 atom stereocenters. The van der Waals surface area contributed by atoms with E-state index < -0.39 is 5.97 Å². The van der Waals surface area contributed by atoms with Crippen LogP contribution in [0.25, 0.3) is 0 Å². The van der Waals surface area contributed by atoms with Gasteiger partial charge in [-0.25, -0.2) is 0 Å². The largest absolute Gasteiger partial charge is 0.481 e. The molecule has 1 rings (SSSR count). The number of hydrogen-bond donors (Lipinski definition) is 2. The van der Waals surface area contributed by atoms with E-state index in [-0.39, 0.29) is 17.9 Å². The molecule has 0 heterocycles. The van der Waals surface area contributed by atoms with Crippen LogP contribution in [0, 0.1) is 5.92 Å². The second-order valence-electron chi connectivity index (χ2n) is 5.30. The highest BCUT2D eigenvalue weighted by Crippen LogP contribution is 2.09. The molecular formula is C16H23NO3. The first-order valence-corrected chi connectivity index (χ1v) is 7.05. The van der Waals surface area contributed by atoms with Crippen LogP contribution in [-0.2, 0) is 16.0 Å². The summed E-state index contributed by atoms with van der Waals surface area (Å²) in [6.45, 7) is 3.66. The maximum atomic E-state index is 11.8. The third kappa shape index (κ3) is 6.36. The average molecular weight is 277 g/mol. The van der Waals surface area contributed by atoms with Gasteiger partial charge in [0, 0.05) is 6.04 Å². The molecule has 0 aromatic heterocycles. The van der Waals surface area contributed by atoms with Crippen molar-refractivity contribution in [3.8, 4) is 0 Å². The minimum Gasteiger partial charge on any atom is -0.481 e. The van der Waals surface area contributed by atoms with E-state index in [0.29, 0.717) is 12.8 Å². The normalized spacial score (nSPS) is 13.5. The van der Waals surface area contributed by atoms with Crippen molar-refractivity contribution >= 4 is 11.9 Å². The first-order valence-electron chi connectivity index (χ1n) is 7.05. The van der Waals surface area contributed by atoms with Gasteiger partial charge in [0.1, 0.15) is 0 Å². The first-order chi connectivity index (χ1) is 9.49. The lowest BCUT2D eigenvalue weighted by Crippen LogP contribution is -2.33. The van der Waals surface area contributed by atoms with Crippen LogP contribution in [0.4, 0.5) is 0 Å². The Balaban J connectivity index is 2.23. The molecule has 0 fully saturated rings. The van der Waals surface area contributed by atoms with Gasteiger partial charge >= 0.3 is 5.97 Å². The summed E-state index contributed by atoms with van der Waals surface area (Å²) in [5.41, 5.74) is 0.997. The molecule has 4 heteroatoms. The van der Waals surface area contributed by atoms with Crippen molar-refractivity contribution in [1.29, 1.82) is 0 Å². The fourth-order valence-corrected chi connectivity index (χ4v) is 2.03. The zero-order valence-electron chi connectivity index (χ0n) is 12.1. The third-order valence-corrected chi connectivity index (χ3v) is 3.31. The fourth-order valence-electron chi connectivity index (χ4n) is 2.03. The summed E-state index contributed by atoms with van der Waals surface area (Å²) in [6.07, 6.45) is 2.64. The van der Waals surface area contributed by atoms with E-state index in [1.807, 2.05) is 37.3 Å². The Labute approximate surface area is 120 Å². The number of hydrogen-bond acceptors (Lipinski definition) is 2. The van der Waals surface area contributed by atoms with Crippen molar-refractivity contribution in [2.75, 3.05) is 0 Å². The molecule has 2 unspecified atom stereocenters. The lowest BCUT2D eigenvalue weighted by atomic mass is 10.0. The van der Waals surface area contributed by atoms with E-state index >= 15 is 0 Å². The molecule has 0 aliphatic carbocycles. The van der Waals surface area contributed by atoms with Crippen LogP contribution in [0.2, 0.25) is 0 Å². The van der Waals surface area contributed by atoms with Crippen molar-refractivity contribution in [3.63, 3.8) is 0 Å². The molecule has 0 bridgehead atoms. The Hall–Kier alpha value is -1.84.